The topological polar surface area (TPSA) is 29.1 Å². The molecule has 1 N–H and O–H groups in total. The molecule has 1 fully saturated rings. The molecular formula is C11H25NOS. The standard InChI is InChI=1S/C11H25NOS/c1-10(2)14(3,13)12-9-11-7-5-4-6-8-11/h10-11,14H,4-9H2,1-3H3,(H,12,13). The maximum atomic E-state index is 12.0. The van der Waals surface area contributed by atoms with Crippen LogP contribution in [0, 0.1) is 5.92 Å². The molecule has 1 saturated carbocycles. The summed E-state index contributed by atoms with van der Waals surface area (Å²) in [5.74, 6) is 0.774. The number of hydrogen-bond acceptors (Lipinski definition) is 1. The Morgan fingerprint density at radius 2 is 1.86 bits per heavy atom. The van der Waals surface area contributed by atoms with E-state index in [4.69, 9.17) is 0 Å². The van der Waals surface area contributed by atoms with E-state index in [0.717, 1.165) is 12.5 Å². The lowest BCUT2D eigenvalue weighted by Crippen LogP contribution is -2.40. The highest BCUT2D eigenvalue weighted by molar-refractivity contribution is 8.01. The molecule has 0 heterocycles. The average Bonchev–Trinajstić information content (AvgIpc) is 2.16. The van der Waals surface area contributed by atoms with Crippen LogP contribution in [0.3, 0.4) is 0 Å². The van der Waals surface area contributed by atoms with Gasteiger partial charge in [-0.25, -0.2) is 0 Å². The molecule has 0 aromatic carbocycles. The SMILES string of the molecule is CC(C)[SH](C)(=O)NCC1CCCCC1. The Morgan fingerprint density at radius 1 is 1.29 bits per heavy atom. The van der Waals surface area contributed by atoms with E-state index in [9.17, 15) is 4.21 Å². The third-order valence-corrected chi connectivity index (χ3v) is 6.19. The van der Waals surface area contributed by atoms with Gasteiger partial charge in [-0.15, -0.1) is 0 Å². The van der Waals surface area contributed by atoms with Gasteiger partial charge in [0.05, 0.1) is 0 Å². The molecule has 3 heteroatoms. The van der Waals surface area contributed by atoms with Gasteiger partial charge in [-0.1, -0.05) is 43.2 Å². The molecule has 0 aromatic heterocycles. The van der Waals surface area contributed by atoms with E-state index in [2.05, 4.69) is 4.72 Å². The fraction of sp³-hybridized carbons (Fsp3) is 1.00. The maximum Gasteiger partial charge on any atom is 0.0182 e. The number of rotatable bonds is 4. The van der Waals surface area contributed by atoms with Crippen molar-refractivity contribution in [3.63, 3.8) is 0 Å². The van der Waals surface area contributed by atoms with Crippen molar-refractivity contribution in [2.45, 2.75) is 51.2 Å². The van der Waals surface area contributed by atoms with Gasteiger partial charge < -0.3 is 0 Å². The molecule has 1 rings (SSSR count). The number of nitrogens with one attached hydrogen (secondary N) is 1. The van der Waals surface area contributed by atoms with E-state index in [1.165, 1.54) is 32.1 Å². The summed E-state index contributed by atoms with van der Waals surface area (Å²) in [5, 5.41) is 0.270. The Balaban J connectivity index is 2.28. The molecule has 0 atom stereocenters. The van der Waals surface area contributed by atoms with Gasteiger partial charge in [-0.05, 0) is 18.8 Å². The lowest BCUT2D eigenvalue weighted by Gasteiger charge is -2.29. The van der Waals surface area contributed by atoms with Crippen molar-refractivity contribution in [3.8, 4) is 0 Å². The van der Waals surface area contributed by atoms with Crippen LogP contribution in [0.1, 0.15) is 46.0 Å². The first-order valence-electron chi connectivity index (χ1n) is 5.84. The summed E-state index contributed by atoms with van der Waals surface area (Å²) in [7, 11) is -2.08. The van der Waals surface area contributed by atoms with Crippen molar-refractivity contribution in [1.82, 2.24) is 4.72 Å². The highest BCUT2D eigenvalue weighted by atomic mass is 32.3. The van der Waals surface area contributed by atoms with Gasteiger partial charge in [0.15, 0.2) is 0 Å². The second-order valence-corrected chi connectivity index (χ2v) is 8.28. The van der Waals surface area contributed by atoms with Gasteiger partial charge in [-0.3, -0.25) is 8.93 Å². The molecule has 0 spiro atoms. The van der Waals surface area contributed by atoms with Crippen LogP contribution in [0.25, 0.3) is 0 Å². The van der Waals surface area contributed by atoms with E-state index in [0.29, 0.717) is 0 Å². The smallest absolute Gasteiger partial charge is 0.0182 e. The average molecular weight is 219 g/mol. The Labute approximate surface area is 89.4 Å². The zero-order valence-electron chi connectivity index (χ0n) is 9.75. The highest BCUT2D eigenvalue weighted by Crippen LogP contribution is 2.23. The molecule has 14 heavy (non-hydrogen) atoms. The van der Waals surface area contributed by atoms with Crippen LogP contribution in [0.15, 0.2) is 0 Å². The summed E-state index contributed by atoms with van der Waals surface area (Å²) >= 11 is 0. The van der Waals surface area contributed by atoms with Crippen LogP contribution in [0.2, 0.25) is 0 Å². The van der Waals surface area contributed by atoms with Crippen molar-refractivity contribution < 1.29 is 4.21 Å². The molecule has 0 aliphatic heterocycles. The fourth-order valence-electron chi connectivity index (χ4n) is 1.88. The van der Waals surface area contributed by atoms with Crippen LogP contribution in [0.4, 0.5) is 0 Å². The first-order valence-corrected chi connectivity index (χ1v) is 8.07. The second-order valence-electron chi connectivity index (χ2n) is 4.95. The largest absolute Gasteiger partial charge is 0.271 e. The lowest BCUT2D eigenvalue weighted by atomic mass is 9.90. The predicted octanol–water partition coefficient (Wildman–Crippen LogP) is 2.13. The van der Waals surface area contributed by atoms with E-state index < -0.39 is 10.1 Å². The van der Waals surface area contributed by atoms with E-state index in [1.54, 1.807) is 0 Å². The first kappa shape index (κ1) is 12.2. The molecule has 0 amide bonds. The molecule has 0 bridgehead atoms. The Morgan fingerprint density at radius 3 is 2.36 bits per heavy atom. The molecule has 2 nitrogen and oxygen atoms in total. The molecule has 0 unspecified atom stereocenters. The van der Waals surface area contributed by atoms with Gasteiger partial charge >= 0.3 is 0 Å². The van der Waals surface area contributed by atoms with Crippen molar-refractivity contribution >= 4 is 10.1 Å². The van der Waals surface area contributed by atoms with Crippen LogP contribution in [0.5, 0.6) is 0 Å². The van der Waals surface area contributed by atoms with Gasteiger partial charge in [0.25, 0.3) is 0 Å². The summed E-state index contributed by atoms with van der Waals surface area (Å²) in [6, 6.07) is 0. The van der Waals surface area contributed by atoms with Crippen LogP contribution >= 0.6 is 0 Å². The Hall–Kier alpha value is 0.110. The second kappa shape index (κ2) is 5.26. The molecule has 86 valence electrons. The molecule has 0 aromatic rings. The van der Waals surface area contributed by atoms with Crippen molar-refractivity contribution in [2.75, 3.05) is 12.8 Å². The lowest BCUT2D eigenvalue weighted by molar-refractivity contribution is 0.358. The minimum absolute atomic E-state index is 0.270. The highest BCUT2D eigenvalue weighted by Gasteiger charge is 2.17. The van der Waals surface area contributed by atoms with Gasteiger partial charge in [-0.2, -0.15) is 0 Å². The third kappa shape index (κ3) is 3.70. The van der Waals surface area contributed by atoms with Gasteiger partial charge in [0.1, 0.15) is 0 Å². The monoisotopic (exact) mass is 219 g/mol. The van der Waals surface area contributed by atoms with E-state index in [-0.39, 0.29) is 5.25 Å². The first-order chi connectivity index (χ1) is 6.52. The molecule has 0 radical (unpaired) electrons. The summed E-state index contributed by atoms with van der Waals surface area (Å²) in [6.07, 6.45) is 8.64. The summed E-state index contributed by atoms with van der Waals surface area (Å²) in [5.41, 5.74) is 0. The summed E-state index contributed by atoms with van der Waals surface area (Å²) < 4.78 is 15.3. The van der Waals surface area contributed by atoms with E-state index in [1.807, 2.05) is 20.1 Å². The van der Waals surface area contributed by atoms with Gasteiger partial charge in [0, 0.05) is 18.1 Å². The molecular weight excluding hydrogens is 194 g/mol. The predicted molar refractivity (Wildman–Crippen MR) is 65.2 cm³/mol. The minimum atomic E-state index is -2.08. The van der Waals surface area contributed by atoms with Crippen molar-refractivity contribution in [2.24, 2.45) is 5.92 Å². The quantitative estimate of drug-likeness (QED) is 0.697. The van der Waals surface area contributed by atoms with Crippen molar-refractivity contribution in [1.29, 1.82) is 0 Å². The number of thiol groups is 1. The van der Waals surface area contributed by atoms with Crippen molar-refractivity contribution in [3.05, 3.63) is 0 Å². The van der Waals surface area contributed by atoms with Gasteiger partial charge in [0.2, 0.25) is 0 Å². The zero-order valence-corrected chi connectivity index (χ0v) is 10.6. The normalized spacial score (nSPS) is 21.4. The summed E-state index contributed by atoms with van der Waals surface area (Å²) in [6.45, 7) is 5.04. The van der Waals surface area contributed by atoms with Crippen LogP contribution < -0.4 is 4.72 Å². The zero-order chi connectivity index (χ0) is 10.6. The third-order valence-electron chi connectivity index (χ3n) is 3.40. The molecule has 1 aliphatic carbocycles. The van der Waals surface area contributed by atoms with Crippen LogP contribution in [-0.2, 0) is 10.1 Å². The Kier molecular flexibility index (Phi) is 4.58. The maximum absolute atomic E-state index is 12.0. The fourth-order valence-corrected chi connectivity index (χ4v) is 2.87. The molecule has 0 saturated heterocycles. The molecule has 1 aliphatic rings. The van der Waals surface area contributed by atoms with Crippen LogP contribution in [-0.4, -0.2) is 22.3 Å². The van der Waals surface area contributed by atoms with E-state index >= 15 is 0 Å². The summed E-state index contributed by atoms with van der Waals surface area (Å²) in [4.78, 5) is 0. The minimum Gasteiger partial charge on any atom is -0.271 e. The number of hydrogen-bond donors (Lipinski definition) is 2. The Bertz CT molecular complexity index is 209.